The predicted octanol–water partition coefficient (Wildman–Crippen LogP) is -0.00338. The quantitative estimate of drug-likeness (QED) is 0.788. The van der Waals surface area contributed by atoms with Crippen LogP contribution < -0.4 is 4.90 Å². The van der Waals surface area contributed by atoms with Crippen LogP contribution in [0.2, 0.25) is 0 Å². The molecular weight excluding hydrogens is 230 g/mol. The third kappa shape index (κ3) is 2.98. The van der Waals surface area contributed by atoms with Crippen LogP contribution in [0.25, 0.3) is 0 Å². The smallest absolute Gasteiger partial charge is 0.0717 e. The van der Waals surface area contributed by atoms with Gasteiger partial charge in [-0.05, 0) is 13.0 Å². The van der Waals surface area contributed by atoms with Crippen molar-refractivity contribution in [2.24, 2.45) is 0 Å². The number of anilines is 1. The summed E-state index contributed by atoms with van der Waals surface area (Å²) < 4.78 is 0. The van der Waals surface area contributed by atoms with E-state index in [1.54, 1.807) is 6.20 Å². The second-order valence-electron chi connectivity index (χ2n) is 4.66. The highest BCUT2D eigenvalue weighted by atomic mass is 16.3. The van der Waals surface area contributed by atoms with Crippen molar-refractivity contribution in [3.8, 4) is 0 Å². The number of hydrogen-bond acceptors (Lipinski definition) is 5. The van der Waals surface area contributed by atoms with E-state index in [0.29, 0.717) is 0 Å². The van der Waals surface area contributed by atoms with Crippen molar-refractivity contribution in [3.05, 3.63) is 23.5 Å². The topological polar surface area (TPSA) is 59.8 Å². The summed E-state index contributed by atoms with van der Waals surface area (Å²) in [4.78, 5) is 8.76. The molecule has 18 heavy (non-hydrogen) atoms. The molecule has 5 nitrogen and oxygen atoms in total. The molecule has 2 N–H and O–H groups in total. The monoisotopic (exact) mass is 251 g/mol. The summed E-state index contributed by atoms with van der Waals surface area (Å²) in [6, 6.07) is 2.03. The predicted molar refractivity (Wildman–Crippen MR) is 70.6 cm³/mol. The van der Waals surface area contributed by atoms with Crippen molar-refractivity contribution in [1.82, 2.24) is 9.88 Å². The molecule has 1 saturated heterocycles. The van der Waals surface area contributed by atoms with E-state index in [4.69, 9.17) is 5.11 Å². The number of β-amino-alcohol motifs (C(OH)–C–C–N with tert-alkyl or cyclic N) is 1. The van der Waals surface area contributed by atoms with Gasteiger partial charge in [0, 0.05) is 55.9 Å². The highest BCUT2D eigenvalue weighted by Crippen LogP contribution is 2.22. The number of aromatic nitrogens is 1. The average Bonchev–Trinajstić information content (AvgIpc) is 2.40. The van der Waals surface area contributed by atoms with Crippen molar-refractivity contribution in [2.75, 3.05) is 44.2 Å². The second kappa shape index (κ2) is 6.13. The van der Waals surface area contributed by atoms with E-state index in [2.05, 4.69) is 14.8 Å². The summed E-state index contributed by atoms with van der Waals surface area (Å²) in [6.45, 7) is 6.71. The van der Waals surface area contributed by atoms with Gasteiger partial charge in [0.2, 0.25) is 0 Å². The van der Waals surface area contributed by atoms with Gasteiger partial charge in [-0.2, -0.15) is 0 Å². The van der Waals surface area contributed by atoms with Crippen LogP contribution in [0.15, 0.2) is 12.3 Å². The van der Waals surface area contributed by atoms with Gasteiger partial charge in [-0.3, -0.25) is 9.88 Å². The Hall–Kier alpha value is -1.17. The Bertz CT molecular complexity index is 390. The van der Waals surface area contributed by atoms with E-state index in [0.717, 1.165) is 49.7 Å². The van der Waals surface area contributed by atoms with Crippen LogP contribution in [0.1, 0.15) is 11.3 Å². The number of rotatable bonds is 4. The van der Waals surface area contributed by atoms with Gasteiger partial charge >= 0.3 is 0 Å². The molecule has 1 aliphatic heterocycles. The van der Waals surface area contributed by atoms with Crippen LogP contribution in [0, 0.1) is 6.92 Å². The Morgan fingerprint density at radius 3 is 2.56 bits per heavy atom. The van der Waals surface area contributed by atoms with Crippen LogP contribution in [0.5, 0.6) is 0 Å². The zero-order chi connectivity index (χ0) is 13.0. The molecule has 0 radical (unpaired) electrons. The summed E-state index contributed by atoms with van der Waals surface area (Å²) >= 11 is 0. The molecule has 1 aromatic heterocycles. The normalized spacial score (nSPS) is 17.2. The summed E-state index contributed by atoms with van der Waals surface area (Å²) in [5, 5.41) is 18.3. The number of aliphatic hydroxyl groups excluding tert-OH is 2. The maximum absolute atomic E-state index is 9.37. The van der Waals surface area contributed by atoms with E-state index in [-0.39, 0.29) is 13.2 Å². The fraction of sp³-hybridized carbons (Fsp3) is 0.615. The highest BCUT2D eigenvalue weighted by molar-refractivity contribution is 5.53. The second-order valence-corrected chi connectivity index (χ2v) is 4.66. The molecule has 0 aliphatic carbocycles. The van der Waals surface area contributed by atoms with Crippen LogP contribution in [-0.4, -0.2) is 59.4 Å². The molecular formula is C13H21N3O2. The molecule has 0 aromatic carbocycles. The zero-order valence-corrected chi connectivity index (χ0v) is 10.8. The van der Waals surface area contributed by atoms with Gasteiger partial charge in [-0.1, -0.05) is 0 Å². The third-order valence-corrected chi connectivity index (χ3v) is 3.40. The number of aryl methyl sites for hydroxylation is 1. The first kappa shape index (κ1) is 13.3. The fourth-order valence-corrected chi connectivity index (χ4v) is 2.34. The van der Waals surface area contributed by atoms with E-state index < -0.39 is 0 Å². The Morgan fingerprint density at radius 2 is 1.94 bits per heavy atom. The van der Waals surface area contributed by atoms with Gasteiger partial charge < -0.3 is 15.1 Å². The lowest BCUT2D eigenvalue weighted by Crippen LogP contribution is -2.47. The lowest BCUT2D eigenvalue weighted by atomic mass is 10.1. The number of aliphatic hydroxyl groups is 2. The van der Waals surface area contributed by atoms with Crippen molar-refractivity contribution in [2.45, 2.75) is 13.5 Å². The number of hydrogen-bond donors (Lipinski definition) is 2. The maximum Gasteiger partial charge on any atom is 0.0717 e. The molecule has 1 fully saturated rings. The van der Waals surface area contributed by atoms with E-state index in [9.17, 15) is 5.11 Å². The first-order valence-corrected chi connectivity index (χ1v) is 6.39. The van der Waals surface area contributed by atoms with Gasteiger partial charge in [-0.15, -0.1) is 0 Å². The molecule has 1 aromatic rings. The molecule has 2 heterocycles. The first-order chi connectivity index (χ1) is 8.74. The number of pyridine rings is 1. The molecule has 0 unspecified atom stereocenters. The molecule has 2 rings (SSSR count). The summed E-state index contributed by atoms with van der Waals surface area (Å²) in [5.41, 5.74) is 2.95. The highest BCUT2D eigenvalue weighted by Gasteiger charge is 2.18. The molecule has 5 heteroatoms. The van der Waals surface area contributed by atoms with Gasteiger partial charge in [0.1, 0.15) is 0 Å². The lowest BCUT2D eigenvalue weighted by molar-refractivity contribution is 0.188. The molecule has 0 bridgehead atoms. The van der Waals surface area contributed by atoms with E-state index in [1.807, 2.05) is 13.0 Å². The van der Waals surface area contributed by atoms with E-state index >= 15 is 0 Å². The van der Waals surface area contributed by atoms with Crippen molar-refractivity contribution in [1.29, 1.82) is 0 Å². The maximum atomic E-state index is 9.37. The van der Waals surface area contributed by atoms with Crippen LogP contribution in [-0.2, 0) is 6.61 Å². The lowest BCUT2D eigenvalue weighted by Gasteiger charge is -2.36. The van der Waals surface area contributed by atoms with Crippen molar-refractivity contribution >= 4 is 5.69 Å². The SMILES string of the molecule is Cc1cc(N2CCN(CCO)CC2)c(CO)cn1. The Balaban J connectivity index is 2.06. The van der Waals surface area contributed by atoms with E-state index in [1.165, 1.54) is 0 Å². The van der Waals surface area contributed by atoms with Gasteiger partial charge in [0.25, 0.3) is 0 Å². The molecule has 1 aliphatic rings. The van der Waals surface area contributed by atoms with Gasteiger partial charge in [0.15, 0.2) is 0 Å². The van der Waals surface area contributed by atoms with Crippen molar-refractivity contribution in [3.63, 3.8) is 0 Å². The van der Waals surface area contributed by atoms with Gasteiger partial charge in [-0.25, -0.2) is 0 Å². The minimum atomic E-state index is 0.0272. The van der Waals surface area contributed by atoms with Crippen LogP contribution in [0.4, 0.5) is 5.69 Å². The number of piperazine rings is 1. The molecule has 0 saturated carbocycles. The van der Waals surface area contributed by atoms with Gasteiger partial charge in [0.05, 0.1) is 13.2 Å². The average molecular weight is 251 g/mol. The minimum absolute atomic E-state index is 0.0272. The minimum Gasteiger partial charge on any atom is -0.395 e. The van der Waals surface area contributed by atoms with Crippen LogP contribution in [0.3, 0.4) is 0 Å². The summed E-state index contributed by atoms with van der Waals surface area (Å²) in [5.74, 6) is 0. The molecule has 100 valence electrons. The largest absolute Gasteiger partial charge is 0.395 e. The first-order valence-electron chi connectivity index (χ1n) is 6.39. The zero-order valence-electron chi connectivity index (χ0n) is 10.8. The standard InChI is InChI=1S/C13H21N3O2/c1-11-8-13(12(10-18)9-14-11)16-4-2-15(3-5-16)6-7-17/h8-9,17-18H,2-7,10H2,1H3. The summed E-state index contributed by atoms with van der Waals surface area (Å²) in [6.07, 6.45) is 1.75. The van der Waals surface area contributed by atoms with Crippen LogP contribution >= 0.6 is 0 Å². The Kier molecular flexibility index (Phi) is 4.52. The summed E-state index contributed by atoms with van der Waals surface area (Å²) in [7, 11) is 0. The molecule has 0 amide bonds. The molecule has 0 atom stereocenters. The Morgan fingerprint density at radius 1 is 1.22 bits per heavy atom. The number of nitrogens with zero attached hydrogens (tertiary/aromatic N) is 3. The Labute approximate surface area is 108 Å². The van der Waals surface area contributed by atoms with Crippen molar-refractivity contribution < 1.29 is 10.2 Å². The molecule has 0 spiro atoms. The fourth-order valence-electron chi connectivity index (χ4n) is 2.34. The third-order valence-electron chi connectivity index (χ3n) is 3.40.